The summed E-state index contributed by atoms with van der Waals surface area (Å²) in [7, 11) is 0. The summed E-state index contributed by atoms with van der Waals surface area (Å²) in [6.45, 7) is 1.77. The number of hydrogen-bond donors (Lipinski definition) is 1. The van der Waals surface area contributed by atoms with Crippen LogP contribution in [0.2, 0.25) is 0 Å². The van der Waals surface area contributed by atoms with Crippen LogP contribution in [0.25, 0.3) is 0 Å². The summed E-state index contributed by atoms with van der Waals surface area (Å²) < 4.78 is 13.5. The van der Waals surface area contributed by atoms with E-state index in [-0.39, 0.29) is 11.9 Å². The second-order valence-electron chi connectivity index (χ2n) is 4.86. The standard InChI is InChI=1S/C15H20FN/c1-11-8-9-13(10-14(11)16)15(17)12-6-4-2-3-5-7-12/h6,8-10,15H,2-5,7,17H2,1H3. The molecule has 1 nitrogen and oxygen atoms in total. The molecule has 92 valence electrons. The average molecular weight is 233 g/mol. The van der Waals surface area contributed by atoms with E-state index in [0.717, 1.165) is 18.4 Å². The predicted molar refractivity (Wildman–Crippen MR) is 69.2 cm³/mol. The Hall–Kier alpha value is -1.15. The Morgan fingerprint density at radius 1 is 1.24 bits per heavy atom. The second kappa shape index (κ2) is 5.46. The minimum Gasteiger partial charge on any atom is -0.321 e. The van der Waals surface area contributed by atoms with Crippen LogP contribution < -0.4 is 5.73 Å². The van der Waals surface area contributed by atoms with Crippen molar-refractivity contribution in [1.82, 2.24) is 0 Å². The average Bonchev–Trinajstić information content (AvgIpc) is 2.60. The van der Waals surface area contributed by atoms with Gasteiger partial charge in [-0.15, -0.1) is 0 Å². The van der Waals surface area contributed by atoms with Crippen LogP contribution in [0.5, 0.6) is 0 Å². The van der Waals surface area contributed by atoms with E-state index >= 15 is 0 Å². The molecule has 0 heterocycles. The molecule has 0 aromatic heterocycles. The van der Waals surface area contributed by atoms with Crippen LogP contribution in [0.15, 0.2) is 29.8 Å². The van der Waals surface area contributed by atoms with Crippen LogP contribution in [0.4, 0.5) is 4.39 Å². The first-order valence-electron chi connectivity index (χ1n) is 6.39. The van der Waals surface area contributed by atoms with Crippen LogP contribution in [0.3, 0.4) is 0 Å². The molecule has 2 rings (SSSR count). The molecule has 0 bridgehead atoms. The van der Waals surface area contributed by atoms with Gasteiger partial charge in [0.25, 0.3) is 0 Å². The second-order valence-corrected chi connectivity index (χ2v) is 4.86. The molecule has 1 aliphatic carbocycles. The van der Waals surface area contributed by atoms with Gasteiger partial charge in [-0.2, -0.15) is 0 Å². The minimum atomic E-state index is -0.160. The van der Waals surface area contributed by atoms with Crippen molar-refractivity contribution in [2.24, 2.45) is 5.73 Å². The number of rotatable bonds is 2. The number of aryl methyl sites for hydroxylation is 1. The molecular formula is C15H20FN. The van der Waals surface area contributed by atoms with Crippen molar-refractivity contribution >= 4 is 0 Å². The summed E-state index contributed by atoms with van der Waals surface area (Å²) in [5, 5.41) is 0. The van der Waals surface area contributed by atoms with Crippen LogP contribution in [0, 0.1) is 12.7 Å². The highest BCUT2D eigenvalue weighted by molar-refractivity contribution is 5.31. The number of halogens is 1. The molecule has 2 heteroatoms. The fraction of sp³-hybridized carbons (Fsp3) is 0.467. The van der Waals surface area contributed by atoms with Crippen molar-refractivity contribution in [1.29, 1.82) is 0 Å². The highest BCUT2D eigenvalue weighted by atomic mass is 19.1. The van der Waals surface area contributed by atoms with Crippen molar-refractivity contribution in [2.75, 3.05) is 0 Å². The maximum atomic E-state index is 13.5. The summed E-state index contributed by atoms with van der Waals surface area (Å²) in [5.41, 5.74) is 9.06. The summed E-state index contributed by atoms with van der Waals surface area (Å²) in [6.07, 6.45) is 8.13. The zero-order valence-electron chi connectivity index (χ0n) is 10.4. The Bertz CT molecular complexity index is 423. The molecule has 2 N–H and O–H groups in total. The van der Waals surface area contributed by atoms with Crippen molar-refractivity contribution in [3.8, 4) is 0 Å². The Labute approximate surface area is 103 Å². The van der Waals surface area contributed by atoms with E-state index in [1.807, 2.05) is 12.1 Å². The van der Waals surface area contributed by atoms with Crippen LogP contribution in [-0.4, -0.2) is 0 Å². The fourth-order valence-electron chi connectivity index (χ4n) is 2.34. The first-order valence-corrected chi connectivity index (χ1v) is 6.39. The summed E-state index contributed by atoms with van der Waals surface area (Å²) >= 11 is 0. The molecule has 1 aromatic carbocycles. The van der Waals surface area contributed by atoms with Gasteiger partial charge < -0.3 is 5.73 Å². The number of hydrogen-bond acceptors (Lipinski definition) is 1. The minimum absolute atomic E-state index is 0.136. The zero-order chi connectivity index (χ0) is 12.3. The topological polar surface area (TPSA) is 26.0 Å². The molecule has 0 aliphatic heterocycles. The van der Waals surface area contributed by atoms with Gasteiger partial charge in [0.2, 0.25) is 0 Å². The molecule has 17 heavy (non-hydrogen) atoms. The molecule has 0 saturated carbocycles. The van der Waals surface area contributed by atoms with Gasteiger partial charge in [-0.25, -0.2) is 4.39 Å². The lowest BCUT2D eigenvalue weighted by Crippen LogP contribution is -2.13. The van der Waals surface area contributed by atoms with Gasteiger partial charge in [0.05, 0.1) is 6.04 Å². The lowest BCUT2D eigenvalue weighted by Gasteiger charge is -2.16. The third-order valence-electron chi connectivity index (χ3n) is 3.53. The first-order chi connectivity index (χ1) is 8.18. The molecular weight excluding hydrogens is 213 g/mol. The largest absolute Gasteiger partial charge is 0.321 e. The highest BCUT2D eigenvalue weighted by Gasteiger charge is 2.14. The SMILES string of the molecule is Cc1ccc(C(N)C2=CCCCCC2)cc1F. The number of nitrogens with two attached hydrogens (primary N) is 1. The quantitative estimate of drug-likeness (QED) is 0.767. The molecule has 0 amide bonds. The maximum Gasteiger partial charge on any atom is 0.126 e. The molecule has 0 spiro atoms. The smallest absolute Gasteiger partial charge is 0.126 e. The summed E-state index contributed by atoms with van der Waals surface area (Å²) in [4.78, 5) is 0. The molecule has 1 aliphatic rings. The van der Waals surface area contributed by atoms with E-state index < -0.39 is 0 Å². The maximum absolute atomic E-state index is 13.5. The van der Waals surface area contributed by atoms with Gasteiger partial charge in [0, 0.05) is 0 Å². The normalized spacial score (nSPS) is 18.4. The Kier molecular flexibility index (Phi) is 3.95. The zero-order valence-corrected chi connectivity index (χ0v) is 10.4. The van der Waals surface area contributed by atoms with E-state index in [4.69, 9.17) is 5.73 Å². The van der Waals surface area contributed by atoms with Gasteiger partial charge in [-0.3, -0.25) is 0 Å². The fourth-order valence-corrected chi connectivity index (χ4v) is 2.34. The Morgan fingerprint density at radius 2 is 2.06 bits per heavy atom. The van der Waals surface area contributed by atoms with Crippen LogP contribution >= 0.6 is 0 Å². The van der Waals surface area contributed by atoms with E-state index in [9.17, 15) is 4.39 Å². The molecule has 0 fully saturated rings. The monoisotopic (exact) mass is 233 g/mol. The van der Waals surface area contributed by atoms with E-state index in [1.54, 1.807) is 13.0 Å². The third-order valence-corrected chi connectivity index (χ3v) is 3.53. The molecule has 1 atom stereocenters. The lowest BCUT2D eigenvalue weighted by atomic mass is 9.95. The van der Waals surface area contributed by atoms with Gasteiger partial charge >= 0.3 is 0 Å². The molecule has 0 radical (unpaired) electrons. The summed E-state index contributed by atoms with van der Waals surface area (Å²) in [5.74, 6) is -0.160. The third kappa shape index (κ3) is 2.95. The number of benzene rings is 1. The van der Waals surface area contributed by atoms with Gasteiger partial charge in [-0.05, 0) is 49.8 Å². The van der Waals surface area contributed by atoms with Crippen LogP contribution in [-0.2, 0) is 0 Å². The van der Waals surface area contributed by atoms with Crippen LogP contribution in [0.1, 0.15) is 49.3 Å². The van der Waals surface area contributed by atoms with Crippen molar-refractivity contribution in [2.45, 2.75) is 45.1 Å². The van der Waals surface area contributed by atoms with Gasteiger partial charge in [0.1, 0.15) is 5.82 Å². The van der Waals surface area contributed by atoms with Crippen molar-refractivity contribution in [3.63, 3.8) is 0 Å². The Balaban J connectivity index is 2.20. The molecule has 1 aromatic rings. The molecule has 0 saturated heterocycles. The Morgan fingerprint density at radius 3 is 2.82 bits per heavy atom. The van der Waals surface area contributed by atoms with E-state index in [0.29, 0.717) is 5.56 Å². The van der Waals surface area contributed by atoms with E-state index in [2.05, 4.69) is 6.08 Å². The first kappa shape index (κ1) is 12.3. The summed E-state index contributed by atoms with van der Waals surface area (Å²) in [6, 6.07) is 5.19. The van der Waals surface area contributed by atoms with Crippen molar-refractivity contribution in [3.05, 3.63) is 46.8 Å². The predicted octanol–water partition coefficient (Wildman–Crippen LogP) is 4.02. The van der Waals surface area contributed by atoms with E-state index in [1.165, 1.54) is 24.8 Å². The molecule has 1 unspecified atom stereocenters. The van der Waals surface area contributed by atoms with Gasteiger partial charge in [-0.1, -0.05) is 30.2 Å². The van der Waals surface area contributed by atoms with Crippen molar-refractivity contribution < 1.29 is 4.39 Å². The lowest BCUT2D eigenvalue weighted by molar-refractivity contribution is 0.612. The highest BCUT2D eigenvalue weighted by Crippen LogP contribution is 2.28. The van der Waals surface area contributed by atoms with Gasteiger partial charge in [0.15, 0.2) is 0 Å². The number of allylic oxidation sites excluding steroid dienone is 1.